The molecule has 3 heteroatoms. The zero-order valence-electron chi connectivity index (χ0n) is 3.56. The Morgan fingerprint density at radius 2 is 2.83 bits per heavy atom. The smallest absolute Gasteiger partial charge is 0.204 e. The van der Waals surface area contributed by atoms with E-state index in [1.165, 1.54) is 0 Å². The predicted molar refractivity (Wildman–Crippen MR) is 22.2 cm³/mol. The van der Waals surface area contributed by atoms with E-state index in [2.05, 4.69) is 10.5 Å². The molecule has 0 aliphatic carbocycles. The third-order valence-electron chi connectivity index (χ3n) is 0.582. The standard InChI is InChI=1S/C3H6N2O/c1-3-5-4-2-6-3/h4H,2H2,1H3. The zero-order chi connectivity index (χ0) is 4.41. The molecule has 0 aromatic rings. The molecule has 0 saturated carbocycles. The SMILES string of the molecule is CC1=NNCO1. The number of nitrogens with zero attached hydrogens (tertiary/aromatic N) is 1. The van der Waals surface area contributed by atoms with Crippen LogP contribution >= 0.6 is 0 Å². The summed E-state index contributed by atoms with van der Waals surface area (Å²) < 4.78 is 4.79. The van der Waals surface area contributed by atoms with Gasteiger partial charge in [0.05, 0.1) is 0 Å². The second-order valence-corrected chi connectivity index (χ2v) is 1.08. The molecule has 1 rings (SSSR count). The molecule has 1 N–H and O–H groups in total. The summed E-state index contributed by atoms with van der Waals surface area (Å²) in [6.45, 7) is 2.34. The topological polar surface area (TPSA) is 33.6 Å². The van der Waals surface area contributed by atoms with Crippen LogP contribution in [0.3, 0.4) is 0 Å². The van der Waals surface area contributed by atoms with E-state index in [1.54, 1.807) is 6.92 Å². The van der Waals surface area contributed by atoms with Crippen molar-refractivity contribution in [1.29, 1.82) is 0 Å². The molecule has 0 atom stereocenters. The highest BCUT2D eigenvalue weighted by Gasteiger charge is 1.94. The van der Waals surface area contributed by atoms with Crippen LogP contribution in [0.25, 0.3) is 0 Å². The van der Waals surface area contributed by atoms with Crippen molar-refractivity contribution in [2.24, 2.45) is 5.10 Å². The Hall–Kier alpha value is -0.730. The second-order valence-electron chi connectivity index (χ2n) is 1.08. The zero-order valence-corrected chi connectivity index (χ0v) is 3.56. The van der Waals surface area contributed by atoms with Crippen LogP contribution in [0, 0.1) is 0 Å². The Morgan fingerprint density at radius 1 is 2.00 bits per heavy atom. The summed E-state index contributed by atoms with van der Waals surface area (Å²) in [6, 6.07) is 0. The van der Waals surface area contributed by atoms with Gasteiger partial charge in [0.2, 0.25) is 5.90 Å². The van der Waals surface area contributed by atoms with E-state index in [4.69, 9.17) is 4.74 Å². The predicted octanol–water partition coefficient (Wildman–Crippen LogP) is -0.103. The highest BCUT2D eigenvalue weighted by molar-refractivity contribution is 5.73. The van der Waals surface area contributed by atoms with Gasteiger partial charge in [-0.05, 0) is 0 Å². The number of nitrogens with one attached hydrogen (secondary N) is 1. The van der Waals surface area contributed by atoms with Crippen LogP contribution in [0.4, 0.5) is 0 Å². The summed E-state index contributed by atoms with van der Waals surface area (Å²) >= 11 is 0. The fourth-order valence-corrected chi connectivity index (χ4v) is 0.313. The second kappa shape index (κ2) is 1.16. The van der Waals surface area contributed by atoms with Gasteiger partial charge >= 0.3 is 0 Å². The third kappa shape index (κ3) is 0.429. The van der Waals surface area contributed by atoms with Crippen LogP contribution in [-0.2, 0) is 4.74 Å². The third-order valence-corrected chi connectivity index (χ3v) is 0.582. The molecule has 0 unspecified atom stereocenters. The highest BCUT2D eigenvalue weighted by Crippen LogP contribution is 1.83. The Kier molecular flexibility index (Phi) is 0.670. The van der Waals surface area contributed by atoms with Crippen LogP contribution in [0.1, 0.15) is 6.92 Å². The van der Waals surface area contributed by atoms with E-state index in [0.717, 1.165) is 5.90 Å². The van der Waals surface area contributed by atoms with E-state index >= 15 is 0 Å². The lowest BCUT2D eigenvalue weighted by atomic mass is 10.8. The lowest BCUT2D eigenvalue weighted by molar-refractivity contribution is 0.314. The minimum Gasteiger partial charge on any atom is -0.457 e. The Labute approximate surface area is 36.0 Å². The Balaban J connectivity index is 2.45. The van der Waals surface area contributed by atoms with Crippen LogP contribution in [0.15, 0.2) is 5.10 Å². The first-order chi connectivity index (χ1) is 2.89. The molecule has 34 valence electrons. The maximum atomic E-state index is 4.79. The van der Waals surface area contributed by atoms with Gasteiger partial charge in [-0.3, -0.25) is 5.43 Å². The fourth-order valence-electron chi connectivity index (χ4n) is 0.313. The van der Waals surface area contributed by atoms with Gasteiger partial charge in [0.25, 0.3) is 0 Å². The van der Waals surface area contributed by atoms with Gasteiger partial charge in [-0.15, -0.1) is 5.10 Å². The molecule has 0 spiro atoms. The number of hydrazone groups is 1. The molecule has 6 heavy (non-hydrogen) atoms. The molecule has 1 aliphatic rings. The van der Waals surface area contributed by atoms with Crippen molar-refractivity contribution in [3.05, 3.63) is 0 Å². The first-order valence-corrected chi connectivity index (χ1v) is 1.79. The van der Waals surface area contributed by atoms with Crippen LogP contribution in [0.5, 0.6) is 0 Å². The van der Waals surface area contributed by atoms with Crippen molar-refractivity contribution in [3.63, 3.8) is 0 Å². The van der Waals surface area contributed by atoms with E-state index in [-0.39, 0.29) is 0 Å². The van der Waals surface area contributed by atoms with E-state index < -0.39 is 0 Å². The molecule has 1 heterocycles. The van der Waals surface area contributed by atoms with Crippen LogP contribution in [0.2, 0.25) is 0 Å². The molecular weight excluding hydrogens is 80.0 g/mol. The number of hydrogen-bond donors (Lipinski definition) is 1. The van der Waals surface area contributed by atoms with E-state index in [9.17, 15) is 0 Å². The molecule has 0 radical (unpaired) electrons. The summed E-state index contributed by atoms with van der Waals surface area (Å²) in [5, 5.41) is 3.68. The molecule has 0 fully saturated rings. The van der Waals surface area contributed by atoms with Crippen LogP contribution < -0.4 is 5.43 Å². The number of ether oxygens (including phenoxy) is 1. The normalized spacial score (nSPS) is 18.5. The first kappa shape index (κ1) is 3.46. The lowest BCUT2D eigenvalue weighted by Gasteiger charge is -1.84. The molecule has 0 aromatic heterocycles. The molecule has 0 bridgehead atoms. The van der Waals surface area contributed by atoms with E-state index in [0.29, 0.717) is 6.73 Å². The Bertz CT molecular complexity index is 78.9. The maximum absolute atomic E-state index is 4.79. The molecule has 0 aromatic carbocycles. The average Bonchev–Trinajstić information content (AvgIpc) is 1.86. The summed E-state index contributed by atoms with van der Waals surface area (Å²) in [7, 11) is 0. The highest BCUT2D eigenvalue weighted by atomic mass is 16.5. The minimum atomic E-state index is 0.534. The van der Waals surface area contributed by atoms with Crippen molar-refractivity contribution in [3.8, 4) is 0 Å². The molecule has 3 nitrogen and oxygen atoms in total. The molecule has 0 amide bonds. The Morgan fingerprint density at radius 3 is 3.00 bits per heavy atom. The van der Waals surface area contributed by atoms with Gasteiger partial charge in [0, 0.05) is 6.92 Å². The van der Waals surface area contributed by atoms with Gasteiger partial charge in [-0.25, -0.2) is 0 Å². The van der Waals surface area contributed by atoms with Gasteiger partial charge in [0.1, 0.15) is 0 Å². The molecular formula is C3H6N2O. The minimum absolute atomic E-state index is 0.534. The van der Waals surface area contributed by atoms with Crippen molar-refractivity contribution in [2.45, 2.75) is 6.92 Å². The van der Waals surface area contributed by atoms with Gasteiger partial charge in [-0.2, -0.15) is 0 Å². The summed E-state index contributed by atoms with van der Waals surface area (Å²) in [5.74, 6) is 0.718. The summed E-state index contributed by atoms with van der Waals surface area (Å²) in [5.41, 5.74) is 2.64. The largest absolute Gasteiger partial charge is 0.457 e. The van der Waals surface area contributed by atoms with Gasteiger partial charge < -0.3 is 4.74 Å². The summed E-state index contributed by atoms with van der Waals surface area (Å²) in [4.78, 5) is 0. The molecule has 1 aliphatic heterocycles. The monoisotopic (exact) mass is 86.0 g/mol. The van der Waals surface area contributed by atoms with E-state index in [1.807, 2.05) is 0 Å². The van der Waals surface area contributed by atoms with Crippen molar-refractivity contribution < 1.29 is 4.74 Å². The maximum Gasteiger partial charge on any atom is 0.204 e. The van der Waals surface area contributed by atoms with Gasteiger partial charge in [-0.1, -0.05) is 0 Å². The number of rotatable bonds is 0. The number of hydrogen-bond acceptors (Lipinski definition) is 3. The van der Waals surface area contributed by atoms with Crippen molar-refractivity contribution >= 4 is 5.90 Å². The molecule has 0 saturated heterocycles. The lowest BCUT2D eigenvalue weighted by Crippen LogP contribution is -1.99. The fraction of sp³-hybridized carbons (Fsp3) is 0.667. The van der Waals surface area contributed by atoms with Crippen molar-refractivity contribution in [2.75, 3.05) is 6.73 Å². The summed E-state index contributed by atoms with van der Waals surface area (Å²) in [6.07, 6.45) is 0. The quantitative estimate of drug-likeness (QED) is 0.446. The first-order valence-electron chi connectivity index (χ1n) is 1.79. The van der Waals surface area contributed by atoms with Crippen LogP contribution in [-0.4, -0.2) is 12.6 Å². The average molecular weight is 86.1 g/mol. The van der Waals surface area contributed by atoms with Gasteiger partial charge in [0.15, 0.2) is 6.73 Å². The van der Waals surface area contributed by atoms with Crippen molar-refractivity contribution in [1.82, 2.24) is 5.43 Å².